The molecule has 1 unspecified atom stereocenters. The number of benzene rings is 2. The Kier molecular flexibility index (Phi) is 5.09. The van der Waals surface area contributed by atoms with E-state index in [0.717, 1.165) is 22.6 Å². The molecule has 2 aromatic carbocycles. The van der Waals surface area contributed by atoms with E-state index < -0.39 is 5.97 Å². The molecule has 0 aliphatic carbocycles. The van der Waals surface area contributed by atoms with Crippen LogP contribution in [0.25, 0.3) is 5.69 Å². The second-order valence-electron chi connectivity index (χ2n) is 5.86. The molecule has 1 atom stereocenters. The maximum Gasteiger partial charge on any atom is 0.303 e. The molecule has 1 aromatic heterocycles. The van der Waals surface area contributed by atoms with E-state index in [1.165, 1.54) is 6.33 Å². The molecule has 0 bridgehead atoms. The molecule has 0 saturated carbocycles. The lowest BCUT2D eigenvalue weighted by Crippen LogP contribution is -2.03. The zero-order chi connectivity index (χ0) is 17.6. The largest absolute Gasteiger partial charge is 0.489 e. The van der Waals surface area contributed by atoms with Crippen molar-refractivity contribution in [1.82, 2.24) is 14.8 Å². The first-order valence-electron chi connectivity index (χ1n) is 8.00. The number of carboxylic acid groups (broad SMARTS) is 1. The van der Waals surface area contributed by atoms with Crippen LogP contribution in [0.4, 0.5) is 0 Å². The Labute approximate surface area is 145 Å². The zero-order valence-corrected chi connectivity index (χ0v) is 13.9. The van der Waals surface area contributed by atoms with Gasteiger partial charge < -0.3 is 9.84 Å². The molecule has 1 heterocycles. The highest BCUT2D eigenvalue weighted by Gasteiger charge is 2.10. The molecule has 128 valence electrons. The zero-order valence-electron chi connectivity index (χ0n) is 13.9. The Morgan fingerprint density at radius 2 is 1.88 bits per heavy atom. The third-order valence-corrected chi connectivity index (χ3v) is 3.96. The van der Waals surface area contributed by atoms with Gasteiger partial charge >= 0.3 is 5.97 Å². The highest BCUT2D eigenvalue weighted by atomic mass is 16.5. The van der Waals surface area contributed by atoms with Crippen LogP contribution < -0.4 is 4.74 Å². The maximum atomic E-state index is 10.8. The summed E-state index contributed by atoms with van der Waals surface area (Å²) in [6.45, 7) is 2.36. The Balaban J connectivity index is 1.57. The Bertz CT molecular complexity index is 812. The van der Waals surface area contributed by atoms with Crippen molar-refractivity contribution >= 4 is 5.97 Å². The number of hydrogen-bond donors (Lipinski definition) is 1. The Morgan fingerprint density at radius 1 is 1.16 bits per heavy atom. The predicted molar refractivity (Wildman–Crippen MR) is 92.8 cm³/mol. The molecule has 0 spiro atoms. The molecule has 0 saturated heterocycles. The second kappa shape index (κ2) is 7.61. The van der Waals surface area contributed by atoms with Gasteiger partial charge in [0, 0.05) is 0 Å². The van der Waals surface area contributed by atoms with E-state index >= 15 is 0 Å². The van der Waals surface area contributed by atoms with Crippen molar-refractivity contribution in [3.8, 4) is 11.4 Å². The summed E-state index contributed by atoms with van der Waals surface area (Å²) in [6.07, 6.45) is 3.27. The van der Waals surface area contributed by atoms with Crippen molar-refractivity contribution in [2.45, 2.75) is 25.9 Å². The van der Waals surface area contributed by atoms with Crippen molar-refractivity contribution in [3.63, 3.8) is 0 Å². The van der Waals surface area contributed by atoms with Gasteiger partial charge in [0.25, 0.3) is 0 Å². The minimum Gasteiger partial charge on any atom is -0.489 e. The third kappa shape index (κ3) is 4.44. The highest BCUT2D eigenvalue weighted by Crippen LogP contribution is 2.22. The Morgan fingerprint density at radius 3 is 2.48 bits per heavy atom. The summed E-state index contributed by atoms with van der Waals surface area (Å²) in [5.41, 5.74) is 2.98. The van der Waals surface area contributed by atoms with Crippen molar-refractivity contribution in [2.24, 2.45) is 0 Å². The summed E-state index contributed by atoms with van der Waals surface area (Å²) >= 11 is 0. The van der Waals surface area contributed by atoms with Gasteiger partial charge in [0.1, 0.15) is 25.0 Å². The smallest absolute Gasteiger partial charge is 0.303 e. The third-order valence-electron chi connectivity index (χ3n) is 3.96. The quantitative estimate of drug-likeness (QED) is 0.715. The van der Waals surface area contributed by atoms with Gasteiger partial charge in [0.15, 0.2) is 0 Å². The van der Waals surface area contributed by atoms with E-state index in [9.17, 15) is 4.79 Å². The monoisotopic (exact) mass is 337 g/mol. The second-order valence-corrected chi connectivity index (χ2v) is 5.86. The van der Waals surface area contributed by atoms with Crippen LogP contribution in [-0.2, 0) is 11.4 Å². The van der Waals surface area contributed by atoms with Gasteiger partial charge in [-0.1, -0.05) is 31.2 Å². The van der Waals surface area contributed by atoms with E-state index in [2.05, 4.69) is 10.1 Å². The van der Waals surface area contributed by atoms with Gasteiger partial charge in [-0.15, -0.1) is 0 Å². The normalized spacial score (nSPS) is 11.9. The van der Waals surface area contributed by atoms with Crippen molar-refractivity contribution in [2.75, 3.05) is 0 Å². The predicted octanol–water partition coefficient (Wildman–Crippen LogP) is 3.42. The van der Waals surface area contributed by atoms with Crippen molar-refractivity contribution in [1.29, 1.82) is 0 Å². The Hall–Kier alpha value is -3.15. The summed E-state index contributed by atoms with van der Waals surface area (Å²) in [5, 5.41) is 12.9. The molecule has 1 N–H and O–H groups in total. The van der Waals surface area contributed by atoms with Gasteiger partial charge in [-0.3, -0.25) is 4.79 Å². The molecule has 0 radical (unpaired) electrons. The van der Waals surface area contributed by atoms with E-state index in [1.54, 1.807) is 11.0 Å². The number of rotatable bonds is 7. The van der Waals surface area contributed by atoms with Crippen LogP contribution in [0.5, 0.6) is 5.75 Å². The lowest BCUT2D eigenvalue weighted by molar-refractivity contribution is -0.137. The molecule has 0 aliphatic heterocycles. The van der Waals surface area contributed by atoms with E-state index in [4.69, 9.17) is 9.84 Å². The number of aromatic nitrogens is 3. The van der Waals surface area contributed by atoms with Gasteiger partial charge in [-0.25, -0.2) is 9.67 Å². The average Bonchev–Trinajstić information content (AvgIpc) is 3.15. The van der Waals surface area contributed by atoms with Crippen LogP contribution >= 0.6 is 0 Å². The number of hydrogen-bond acceptors (Lipinski definition) is 4. The first-order chi connectivity index (χ1) is 12.1. The van der Waals surface area contributed by atoms with Gasteiger partial charge in [0.2, 0.25) is 0 Å². The van der Waals surface area contributed by atoms with E-state index in [-0.39, 0.29) is 12.3 Å². The fourth-order valence-corrected chi connectivity index (χ4v) is 2.53. The molecule has 6 heteroatoms. The minimum atomic E-state index is -0.790. The number of nitrogens with zero attached hydrogens (tertiary/aromatic N) is 3. The molecule has 6 nitrogen and oxygen atoms in total. The molecule has 0 fully saturated rings. The molecule has 25 heavy (non-hydrogen) atoms. The summed E-state index contributed by atoms with van der Waals surface area (Å²) < 4.78 is 7.48. The summed E-state index contributed by atoms with van der Waals surface area (Å²) in [4.78, 5) is 14.7. The lowest BCUT2D eigenvalue weighted by atomic mass is 9.98. The average molecular weight is 337 g/mol. The van der Waals surface area contributed by atoms with Gasteiger partial charge in [0.05, 0.1) is 12.1 Å². The highest BCUT2D eigenvalue weighted by molar-refractivity contribution is 5.67. The molecular formula is C19H19N3O3. The molecule has 0 aliphatic rings. The summed E-state index contributed by atoms with van der Waals surface area (Å²) in [6, 6.07) is 15.5. The van der Waals surface area contributed by atoms with E-state index in [0.29, 0.717) is 6.61 Å². The first-order valence-corrected chi connectivity index (χ1v) is 8.00. The van der Waals surface area contributed by atoms with Crippen LogP contribution in [0.3, 0.4) is 0 Å². The van der Waals surface area contributed by atoms with Crippen molar-refractivity contribution < 1.29 is 14.6 Å². The number of aliphatic carboxylic acids is 1. The molecule has 3 aromatic rings. The van der Waals surface area contributed by atoms with Gasteiger partial charge in [-0.05, 0) is 41.3 Å². The first kappa shape index (κ1) is 16.7. The molecule has 0 amide bonds. The van der Waals surface area contributed by atoms with Crippen molar-refractivity contribution in [3.05, 3.63) is 72.3 Å². The lowest BCUT2D eigenvalue weighted by Gasteiger charge is -2.11. The number of ether oxygens (including phenoxy) is 1. The standard InChI is InChI=1S/C19H19N3O3/c1-14(10-19(23)24)16-4-8-18(9-5-16)25-11-15-2-6-17(7-3-15)22-13-20-12-21-22/h2-9,12-14H,10-11H2,1H3,(H,23,24). The summed E-state index contributed by atoms with van der Waals surface area (Å²) in [7, 11) is 0. The SMILES string of the molecule is CC(CC(=O)O)c1ccc(OCc2ccc(-n3cncn3)cc2)cc1. The maximum absolute atomic E-state index is 10.8. The van der Waals surface area contributed by atoms with Crippen LogP contribution in [0.2, 0.25) is 0 Å². The van der Waals surface area contributed by atoms with Gasteiger partial charge in [-0.2, -0.15) is 5.10 Å². The number of carboxylic acids is 1. The van der Waals surface area contributed by atoms with Crippen LogP contribution in [0, 0.1) is 0 Å². The van der Waals surface area contributed by atoms with Crippen LogP contribution in [-0.4, -0.2) is 25.8 Å². The summed E-state index contributed by atoms with van der Waals surface area (Å²) in [5.74, 6) is -0.0512. The van der Waals surface area contributed by atoms with E-state index in [1.807, 2.05) is 55.5 Å². The topological polar surface area (TPSA) is 77.2 Å². The number of carbonyl (C=O) groups is 1. The van der Waals surface area contributed by atoms with Crippen LogP contribution in [0.1, 0.15) is 30.4 Å². The fourth-order valence-electron chi connectivity index (χ4n) is 2.53. The minimum absolute atomic E-state index is 0.0177. The fraction of sp³-hybridized carbons (Fsp3) is 0.211. The molecule has 3 rings (SSSR count). The van der Waals surface area contributed by atoms with Crippen LogP contribution in [0.15, 0.2) is 61.2 Å². The molecular weight excluding hydrogens is 318 g/mol.